The van der Waals surface area contributed by atoms with Crippen LogP contribution in [-0.4, -0.2) is 19.6 Å². The van der Waals surface area contributed by atoms with Crippen LogP contribution in [0, 0.1) is 40.7 Å². The second-order valence-corrected chi connectivity index (χ2v) is 14.1. The molecule has 0 amide bonds. The Morgan fingerprint density at radius 2 is 1.37 bits per heavy atom. The molecule has 4 nitrogen and oxygen atoms in total. The van der Waals surface area contributed by atoms with E-state index in [9.17, 15) is 5.11 Å². The van der Waals surface area contributed by atoms with E-state index in [1.165, 1.54) is 44.3 Å². The summed E-state index contributed by atoms with van der Waals surface area (Å²) in [4.78, 5) is 9.52. The Balaban J connectivity index is 0.000000219. The van der Waals surface area contributed by atoms with Crippen LogP contribution in [0.5, 0.6) is 5.75 Å². The van der Waals surface area contributed by atoms with Crippen LogP contribution in [0.2, 0.25) is 0 Å². The molecule has 0 bridgehead atoms. The van der Waals surface area contributed by atoms with Crippen LogP contribution in [0.1, 0.15) is 104 Å². The van der Waals surface area contributed by atoms with E-state index in [0.717, 1.165) is 39.6 Å². The van der Waals surface area contributed by atoms with Crippen molar-refractivity contribution in [2.24, 2.45) is 0 Å². The molecule has 0 saturated carbocycles. The molecule has 1 N–H and O–H groups in total. The molecule has 49 heavy (non-hydrogen) atoms. The van der Waals surface area contributed by atoms with Crippen LogP contribution >= 0.6 is 0 Å². The van der Waals surface area contributed by atoms with Crippen LogP contribution in [-0.2, 0) is 20.1 Å². The molecule has 0 spiro atoms. The average Bonchev–Trinajstić information content (AvgIpc) is 3.33. The first-order chi connectivity index (χ1) is 22.8. The number of nitrogens with zero attached hydrogens (tertiary/aromatic N) is 3. The van der Waals surface area contributed by atoms with E-state index in [0.29, 0.717) is 17.8 Å². The molecule has 5 heteroatoms. The number of rotatable bonds is 6. The summed E-state index contributed by atoms with van der Waals surface area (Å²) in [5, 5.41) is 12.9. The summed E-state index contributed by atoms with van der Waals surface area (Å²) >= 11 is 0. The predicted octanol–water partition coefficient (Wildman–Crippen LogP) is 11.9. The minimum absolute atomic E-state index is 0. The Labute approximate surface area is 307 Å². The number of imidazole rings is 1. The molecule has 2 heterocycles. The molecule has 0 aliphatic carbocycles. The van der Waals surface area contributed by atoms with Gasteiger partial charge in [-0.05, 0) is 89.4 Å². The molecule has 0 aliphatic heterocycles. The van der Waals surface area contributed by atoms with Gasteiger partial charge in [-0.3, -0.25) is 4.57 Å². The smallest absolute Gasteiger partial charge is 0.148 e. The average molecular weight is 829 g/mol. The van der Waals surface area contributed by atoms with Crippen molar-refractivity contribution in [1.29, 1.82) is 0 Å². The molecule has 0 unspecified atom stereocenters. The summed E-state index contributed by atoms with van der Waals surface area (Å²) in [5.74, 6) is 2.37. The van der Waals surface area contributed by atoms with Gasteiger partial charge in [0.2, 0.25) is 0 Å². The summed E-state index contributed by atoms with van der Waals surface area (Å²) in [7, 11) is 0. The van der Waals surface area contributed by atoms with Gasteiger partial charge in [-0.2, -0.15) is 0 Å². The molecule has 2 aromatic heterocycles. The van der Waals surface area contributed by atoms with Gasteiger partial charge in [0.1, 0.15) is 11.6 Å². The van der Waals surface area contributed by atoms with Crippen molar-refractivity contribution in [3.63, 3.8) is 0 Å². The maximum Gasteiger partial charge on any atom is 0.148 e. The van der Waals surface area contributed by atoms with Gasteiger partial charge in [0.25, 0.3) is 0 Å². The first-order valence-electron chi connectivity index (χ1n) is 17.2. The fraction of sp³-hybridized carbons (Fsp3) is 0.318. The second kappa shape index (κ2) is 15.7. The van der Waals surface area contributed by atoms with Crippen molar-refractivity contribution < 1.29 is 25.2 Å². The number of benzene rings is 4. The van der Waals surface area contributed by atoms with Crippen LogP contribution in [0.25, 0.3) is 39.1 Å². The Hall–Kier alpha value is -4.05. The maximum atomic E-state index is 10.4. The number of phenols is 1. The zero-order valence-electron chi connectivity index (χ0n) is 30.9. The monoisotopic (exact) mass is 829 g/mol. The van der Waals surface area contributed by atoms with Gasteiger partial charge in [-0.25, -0.2) is 4.98 Å². The molecule has 0 fully saturated rings. The molecular weight excluding hydrogens is 779 g/mol. The second-order valence-electron chi connectivity index (χ2n) is 14.1. The molecule has 1 radical (unpaired) electrons. The number of hydrogen-bond donors (Lipinski definition) is 1. The van der Waals surface area contributed by atoms with Crippen molar-refractivity contribution in [3.8, 4) is 34.1 Å². The third kappa shape index (κ3) is 7.90. The number of aromatic hydroxyl groups is 1. The van der Waals surface area contributed by atoms with Crippen molar-refractivity contribution >= 4 is 10.8 Å². The zero-order chi connectivity index (χ0) is 34.9. The van der Waals surface area contributed by atoms with Crippen molar-refractivity contribution in [2.75, 3.05) is 0 Å². The molecule has 0 atom stereocenters. The Morgan fingerprint density at radius 1 is 0.714 bits per heavy atom. The minimum Gasteiger partial charge on any atom is -0.507 e. The summed E-state index contributed by atoms with van der Waals surface area (Å²) in [6, 6.07) is 28.5. The molecule has 6 rings (SSSR count). The number of pyridine rings is 1. The molecule has 4 aromatic carbocycles. The third-order valence-corrected chi connectivity index (χ3v) is 9.24. The van der Waals surface area contributed by atoms with E-state index < -0.39 is 0 Å². The molecule has 6 aromatic rings. The first-order valence-corrected chi connectivity index (χ1v) is 17.2. The SMILES string of the molecule is Cc1[c-]c(-c2ncc(C)c3cc(C(C)C)ccc23)cc(C)c1.Cc1nc(-c2ccccc2O)n(-c2c(C(C)C)cccc2C(C)C)c1C.[Ir]. The van der Waals surface area contributed by atoms with Crippen LogP contribution in [0.4, 0.5) is 0 Å². The van der Waals surface area contributed by atoms with Crippen LogP contribution in [0.15, 0.2) is 79.0 Å². The van der Waals surface area contributed by atoms with E-state index in [2.05, 4.69) is 128 Å². The van der Waals surface area contributed by atoms with E-state index >= 15 is 0 Å². The Bertz CT molecular complexity index is 2040. The third-order valence-electron chi connectivity index (χ3n) is 9.24. The molecular formula is C44H50IrN3O-. The number of aryl methyl sites for hydroxylation is 4. The van der Waals surface area contributed by atoms with E-state index in [4.69, 9.17) is 9.97 Å². The summed E-state index contributed by atoms with van der Waals surface area (Å²) in [5.41, 5.74) is 13.8. The number of phenolic OH excluding ortho intramolecular Hbond substituents is 1. The van der Waals surface area contributed by atoms with E-state index in [1.54, 1.807) is 6.07 Å². The summed E-state index contributed by atoms with van der Waals surface area (Å²) < 4.78 is 2.23. The van der Waals surface area contributed by atoms with E-state index in [-0.39, 0.29) is 25.9 Å². The predicted molar refractivity (Wildman–Crippen MR) is 203 cm³/mol. The number of para-hydroxylation sites is 2. The molecule has 257 valence electrons. The normalized spacial score (nSPS) is 11.2. The summed E-state index contributed by atoms with van der Waals surface area (Å²) in [6.45, 7) is 23.8. The number of aromatic nitrogens is 3. The van der Waals surface area contributed by atoms with Gasteiger partial charge in [-0.15, -0.1) is 34.9 Å². The summed E-state index contributed by atoms with van der Waals surface area (Å²) in [6.07, 6.45) is 1.98. The fourth-order valence-corrected chi connectivity index (χ4v) is 6.49. The van der Waals surface area contributed by atoms with Crippen LogP contribution in [0.3, 0.4) is 0 Å². The number of hydrogen-bond acceptors (Lipinski definition) is 3. The topological polar surface area (TPSA) is 50.9 Å². The molecule has 0 saturated heterocycles. The largest absolute Gasteiger partial charge is 0.507 e. The Kier molecular flexibility index (Phi) is 12.1. The van der Waals surface area contributed by atoms with Gasteiger partial charge < -0.3 is 10.1 Å². The minimum atomic E-state index is 0. The van der Waals surface area contributed by atoms with E-state index in [1.807, 2.05) is 31.3 Å². The quantitative estimate of drug-likeness (QED) is 0.170. The zero-order valence-corrected chi connectivity index (χ0v) is 33.3. The fourth-order valence-electron chi connectivity index (χ4n) is 6.49. The van der Waals surface area contributed by atoms with Gasteiger partial charge >= 0.3 is 0 Å². The first kappa shape index (κ1) is 37.8. The number of fused-ring (bicyclic) bond motifs is 1. The van der Waals surface area contributed by atoms with Crippen molar-refractivity contribution in [2.45, 2.75) is 93.9 Å². The standard InChI is InChI=1S/C23H28N2O.C21H22N.Ir/c1-14(2)18-11-9-12-19(15(3)4)22(18)25-17(6)16(5)24-23(25)20-10-7-8-13-21(20)26;1-13(2)17-6-7-19-20(11-17)16(5)12-22-21(19)18-9-14(3)8-15(4)10-18;/h7-15,26H,1-6H3;6-9,11-13H,1-5H3;/q;-1;. The van der Waals surface area contributed by atoms with Gasteiger partial charge in [0.05, 0.1) is 16.9 Å². The Morgan fingerprint density at radius 3 is 1.96 bits per heavy atom. The van der Waals surface area contributed by atoms with Crippen molar-refractivity contribution in [3.05, 3.63) is 130 Å². The van der Waals surface area contributed by atoms with Gasteiger partial charge in [-0.1, -0.05) is 104 Å². The van der Waals surface area contributed by atoms with Gasteiger partial charge in [0.15, 0.2) is 0 Å². The van der Waals surface area contributed by atoms with Crippen LogP contribution < -0.4 is 0 Å². The van der Waals surface area contributed by atoms with Gasteiger partial charge in [0, 0.05) is 32.0 Å². The van der Waals surface area contributed by atoms with Crippen molar-refractivity contribution in [1.82, 2.24) is 14.5 Å². The molecule has 0 aliphatic rings. The maximum absolute atomic E-state index is 10.4.